The van der Waals surface area contributed by atoms with Crippen LogP contribution in [-0.4, -0.2) is 7.11 Å². The summed E-state index contributed by atoms with van der Waals surface area (Å²) in [5.41, 5.74) is 1.13. The van der Waals surface area contributed by atoms with Gasteiger partial charge in [-0.2, -0.15) is 0 Å². The molecule has 0 bridgehead atoms. The van der Waals surface area contributed by atoms with Crippen LogP contribution in [0.2, 0.25) is 0 Å². The lowest BCUT2D eigenvalue weighted by molar-refractivity contribution is 0.408. The predicted molar refractivity (Wildman–Crippen MR) is 53.1 cm³/mol. The Kier molecular flexibility index (Phi) is 2.96. The molecule has 60 valence electrons. The number of benzene rings is 1. The van der Waals surface area contributed by atoms with Crippen molar-refractivity contribution in [3.05, 3.63) is 26.6 Å². The molecule has 3 heteroatoms. The monoisotopic (exact) mass is 278 g/mol. The maximum atomic E-state index is 5.18. The minimum absolute atomic E-state index is 0.888. The molecule has 0 N–H and O–H groups in total. The fourth-order valence-corrected chi connectivity index (χ4v) is 1.80. The van der Waals surface area contributed by atoms with Gasteiger partial charge >= 0.3 is 0 Å². The lowest BCUT2D eigenvalue weighted by Gasteiger charge is -2.07. The van der Waals surface area contributed by atoms with Gasteiger partial charge in [-0.15, -0.1) is 0 Å². The highest BCUT2D eigenvalue weighted by Gasteiger charge is 2.06. The molecule has 1 aromatic rings. The molecule has 0 fully saturated rings. The first kappa shape index (κ1) is 9.07. The van der Waals surface area contributed by atoms with Crippen molar-refractivity contribution in [1.82, 2.24) is 0 Å². The fourth-order valence-electron chi connectivity index (χ4n) is 0.879. The van der Waals surface area contributed by atoms with Crippen molar-refractivity contribution >= 4 is 31.9 Å². The predicted octanol–water partition coefficient (Wildman–Crippen LogP) is 3.53. The molecule has 0 aliphatic rings. The highest BCUT2D eigenvalue weighted by Crippen LogP contribution is 2.34. The van der Waals surface area contributed by atoms with Gasteiger partial charge in [-0.25, -0.2) is 0 Å². The van der Waals surface area contributed by atoms with Crippen LogP contribution < -0.4 is 4.74 Å². The van der Waals surface area contributed by atoms with Gasteiger partial charge in [-0.3, -0.25) is 0 Å². The first-order valence-corrected chi connectivity index (χ1v) is 4.74. The zero-order valence-corrected chi connectivity index (χ0v) is 9.49. The van der Waals surface area contributed by atoms with Crippen molar-refractivity contribution in [3.63, 3.8) is 0 Å². The lowest BCUT2D eigenvalue weighted by Crippen LogP contribution is -1.88. The summed E-state index contributed by atoms with van der Waals surface area (Å²) < 4.78 is 7.17. The first-order valence-electron chi connectivity index (χ1n) is 3.15. The number of hydrogen-bond donors (Lipinski definition) is 0. The van der Waals surface area contributed by atoms with Gasteiger partial charge in [0.05, 0.1) is 11.6 Å². The molecule has 0 aliphatic carbocycles. The quantitative estimate of drug-likeness (QED) is 0.764. The molecule has 0 heterocycles. The number of halogens is 2. The molecular formula is C8H8Br2O. The molecule has 0 aromatic heterocycles. The standard InChI is InChI=1S/C8H8Br2O/c1-5-3-4-6(9)7(10)8(5)11-2/h3-4H,1-2H3. The third-order valence-electron chi connectivity index (χ3n) is 1.45. The topological polar surface area (TPSA) is 9.23 Å². The number of hydrogen-bond acceptors (Lipinski definition) is 1. The summed E-state index contributed by atoms with van der Waals surface area (Å²) in [4.78, 5) is 0. The van der Waals surface area contributed by atoms with Gasteiger partial charge in [0.2, 0.25) is 0 Å². The van der Waals surface area contributed by atoms with Gasteiger partial charge in [0.15, 0.2) is 0 Å². The summed E-state index contributed by atoms with van der Waals surface area (Å²) in [6.07, 6.45) is 0. The van der Waals surface area contributed by atoms with Gasteiger partial charge < -0.3 is 4.74 Å². The minimum atomic E-state index is 0.888. The summed E-state index contributed by atoms with van der Waals surface area (Å²) in [5, 5.41) is 0. The summed E-state index contributed by atoms with van der Waals surface area (Å²) in [6.45, 7) is 2.01. The number of rotatable bonds is 1. The van der Waals surface area contributed by atoms with Crippen LogP contribution in [0, 0.1) is 6.92 Å². The summed E-state index contributed by atoms with van der Waals surface area (Å²) in [6, 6.07) is 4.00. The van der Waals surface area contributed by atoms with Crippen LogP contribution in [0.3, 0.4) is 0 Å². The second-order valence-corrected chi connectivity index (χ2v) is 3.86. The highest BCUT2D eigenvalue weighted by atomic mass is 79.9. The van der Waals surface area contributed by atoms with Crippen LogP contribution in [0.25, 0.3) is 0 Å². The maximum Gasteiger partial charge on any atom is 0.137 e. The van der Waals surface area contributed by atoms with Crippen molar-refractivity contribution in [3.8, 4) is 5.75 Å². The molecule has 0 unspecified atom stereocenters. The first-order chi connectivity index (χ1) is 5.16. The Bertz CT molecular complexity index is 271. The van der Waals surface area contributed by atoms with E-state index in [2.05, 4.69) is 31.9 Å². The van der Waals surface area contributed by atoms with Gasteiger partial charge in [0, 0.05) is 4.47 Å². The van der Waals surface area contributed by atoms with Crippen LogP contribution >= 0.6 is 31.9 Å². The number of methoxy groups -OCH3 is 1. The Balaban J connectivity index is 3.29. The van der Waals surface area contributed by atoms with Crippen molar-refractivity contribution in [2.24, 2.45) is 0 Å². The zero-order valence-electron chi connectivity index (χ0n) is 6.32. The van der Waals surface area contributed by atoms with Gasteiger partial charge in [0.1, 0.15) is 5.75 Å². The van der Waals surface area contributed by atoms with Gasteiger partial charge in [-0.1, -0.05) is 6.07 Å². The smallest absolute Gasteiger partial charge is 0.137 e. The van der Waals surface area contributed by atoms with E-state index in [0.717, 1.165) is 20.3 Å². The molecule has 11 heavy (non-hydrogen) atoms. The van der Waals surface area contributed by atoms with Crippen molar-refractivity contribution < 1.29 is 4.74 Å². The molecule has 0 radical (unpaired) electrons. The van der Waals surface area contributed by atoms with E-state index in [9.17, 15) is 0 Å². The molecule has 0 aliphatic heterocycles. The summed E-state index contributed by atoms with van der Waals surface area (Å²) in [7, 11) is 1.67. The molecule has 0 amide bonds. The van der Waals surface area contributed by atoms with E-state index >= 15 is 0 Å². The van der Waals surface area contributed by atoms with E-state index in [-0.39, 0.29) is 0 Å². The van der Waals surface area contributed by atoms with E-state index < -0.39 is 0 Å². The van der Waals surface area contributed by atoms with E-state index in [0.29, 0.717) is 0 Å². The molecule has 1 rings (SSSR count). The largest absolute Gasteiger partial charge is 0.495 e. The third kappa shape index (κ3) is 1.76. The maximum absolute atomic E-state index is 5.18. The van der Waals surface area contributed by atoms with Gasteiger partial charge in [0.25, 0.3) is 0 Å². The summed E-state index contributed by atoms with van der Waals surface area (Å²) in [5.74, 6) is 0.888. The number of aryl methyl sites for hydroxylation is 1. The van der Waals surface area contributed by atoms with E-state index in [1.54, 1.807) is 7.11 Å². The molecular weight excluding hydrogens is 272 g/mol. The van der Waals surface area contributed by atoms with Crippen LogP contribution in [0.1, 0.15) is 5.56 Å². The number of ether oxygens (including phenoxy) is 1. The van der Waals surface area contributed by atoms with Crippen LogP contribution in [0.4, 0.5) is 0 Å². The lowest BCUT2D eigenvalue weighted by atomic mass is 10.2. The molecule has 0 saturated heterocycles. The van der Waals surface area contributed by atoms with E-state index in [1.165, 1.54) is 0 Å². The second kappa shape index (κ2) is 3.59. The molecule has 1 aromatic carbocycles. The fraction of sp³-hybridized carbons (Fsp3) is 0.250. The Morgan fingerprint density at radius 1 is 1.27 bits per heavy atom. The molecule has 0 saturated carbocycles. The molecule has 0 spiro atoms. The van der Waals surface area contributed by atoms with E-state index in [4.69, 9.17) is 4.74 Å². The Hall–Kier alpha value is -0.0200. The third-order valence-corrected chi connectivity index (χ3v) is 3.43. The Labute approximate surface area is 83.0 Å². The molecule has 0 atom stereocenters. The van der Waals surface area contributed by atoms with Crippen molar-refractivity contribution in [2.75, 3.05) is 7.11 Å². The summed E-state index contributed by atoms with van der Waals surface area (Å²) >= 11 is 6.81. The van der Waals surface area contributed by atoms with E-state index in [1.807, 2.05) is 19.1 Å². The minimum Gasteiger partial charge on any atom is -0.495 e. The normalized spacial score (nSPS) is 9.82. The average molecular weight is 280 g/mol. The second-order valence-electron chi connectivity index (χ2n) is 2.21. The average Bonchev–Trinajstić information content (AvgIpc) is 1.99. The highest BCUT2D eigenvalue weighted by molar-refractivity contribution is 9.13. The molecule has 1 nitrogen and oxygen atoms in total. The van der Waals surface area contributed by atoms with Crippen LogP contribution in [0.15, 0.2) is 21.1 Å². The van der Waals surface area contributed by atoms with Crippen molar-refractivity contribution in [2.45, 2.75) is 6.92 Å². The zero-order chi connectivity index (χ0) is 8.43. The SMILES string of the molecule is COc1c(C)ccc(Br)c1Br. The van der Waals surface area contributed by atoms with Crippen LogP contribution in [0.5, 0.6) is 5.75 Å². The van der Waals surface area contributed by atoms with Crippen LogP contribution in [-0.2, 0) is 0 Å². The Morgan fingerprint density at radius 2 is 1.91 bits per heavy atom. The van der Waals surface area contributed by atoms with Crippen molar-refractivity contribution in [1.29, 1.82) is 0 Å². The van der Waals surface area contributed by atoms with Gasteiger partial charge in [-0.05, 0) is 50.4 Å². The Morgan fingerprint density at radius 3 is 2.36 bits per heavy atom.